The van der Waals surface area contributed by atoms with Crippen molar-refractivity contribution in [1.29, 1.82) is 0 Å². The van der Waals surface area contributed by atoms with Gasteiger partial charge in [-0.2, -0.15) is 4.98 Å². The van der Waals surface area contributed by atoms with Crippen LogP contribution in [0.25, 0.3) is 5.65 Å². The molecule has 1 fully saturated rings. The van der Waals surface area contributed by atoms with Gasteiger partial charge in [-0.15, -0.1) is 5.10 Å². The number of hydrogen-bond acceptors (Lipinski definition) is 8. The molecule has 0 unspecified atom stereocenters. The molecule has 1 aliphatic heterocycles. The van der Waals surface area contributed by atoms with E-state index in [1.165, 1.54) is 12.1 Å². The number of rotatable bonds is 12. The van der Waals surface area contributed by atoms with Crippen molar-refractivity contribution in [2.24, 2.45) is 0 Å². The number of hydrogen-bond donors (Lipinski definition) is 2. The predicted molar refractivity (Wildman–Crippen MR) is 170 cm³/mol. The third kappa shape index (κ3) is 7.79. The third-order valence-corrected chi connectivity index (χ3v) is 7.68. The summed E-state index contributed by atoms with van der Waals surface area (Å²) in [6, 6.07) is 15.1. The molecule has 2 aromatic carbocycles. The summed E-state index contributed by atoms with van der Waals surface area (Å²) in [5.41, 5.74) is 3.64. The van der Waals surface area contributed by atoms with Gasteiger partial charge in [0.1, 0.15) is 18.2 Å². The molecule has 2 N–H and O–H groups in total. The van der Waals surface area contributed by atoms with E-state index in [4.69, 9.17) is 9.47 Å². The number of anilines is 3. The van der Waals surface area contributed by atoms with E-state index in [9.17, 15) is 14.0 Å². The molecule has 0 bridgehead atoms. The lowest BCUT2D eigenvalue weighted by Crippen LogP contribution is -2.51. The van der Waals surface area contributed by atoms with Gasteiger partial charge in [0.2, 0.25) is 5.95 Å². The van der Waals surface area contributed by atoms with E-state index in [-0.39, 0.29) is 17.8 Å². The number of ether oxygens (including phenoxy) is 2. The number of urea groups is 1. The quantitative estimate of drug-likeness (QED) is 0.228. The Morgan fingerprint density at radius 3 is 2.44 bits per heavy atom. The summed E-state index contributed by atoms with van der Waals surface area (Å²) in [6.07, 6.45) is 1.92. The number of nitrogens with one attached hydrogen (secondary N) is 2. The minimum Gasteiger partial charge on any atom is -0.489 e. The molecule has 238 valence electrons. The smallest absolute Gasteiger partial charge is 0.317 e. The molecule has 0 saturated carbocycles. The molecule has 0 spiro atoms. The van der Waals surface area contributed by atoms with Crippen molar-refractivity contribution in [3.8, 4) is 5.75 Å². The van der Waals surface area contributed by atoms with Crippen LogP contribution in [0.1, 0.15) is 29.8 Å². The molecule has 5 rings (SSSR count). The Morgan fingerprint density at radius 2 is 1.73 bits per heavy atom. The lowest BCUT2D eigenvalue weighted by molar-refractivity contribution is 0.0772. The first kappa shape index (κ1) is 31.5. The predicted octanol–water partition coefficient (Wildman–Crippen LogP) is 4.15. The van der Waals surface area contributed by atoms with Crippen LogP contribution >= 0.6 is 0 Å². The fraction of sp³-hybridized carbons (Fsp3) is 0.375. The van der Waals surface area contributed by atoms with Crippen LogP contribution in [0.5, 0.6) is 5.75 Å². The van der Waals surface area contributed by atoms with E-state index in [2.05, 4.69) is 25.6 Å². The van der Waals surface area contributed by atoms with E-state index < -0.39 is 0 Å². The first-order chi connectivity index (χ1) is 21.9. The summed E-state index contributed by atoms with van der Waals surface area (Å²) in [4.78, 5) is 36.0. The molecule has 4 aromatic rings. The highest BCUT2D eigenvalue weighted by Crippen LogP contribution is 2.29. The second-order valence-corrected chi connectivity index (χ2v) is 10.5. The summed E-state index contributed by atoms with van der Waals surface area (Å²) in [5, 5.41) is 10.8. The normalized spacial score (nSPS) is 13.2. The van der Waals surface area contributed by atoms with Gasteiger partial charge < -0.3 is 34.8 Å². The van der Waals surface area contributed by atoms with Gasteiger partial charge in [0.15, 0.2) is 5.65 Å². The van der Waals surface area contributed by atoms with Crippen molar-refractivity contribution in [2.45, 2.75) is 20.4 Å². The molecule has 3 amide bonds. The number of carbonyl (C=O) groups is 2. The SMILES string of the molecule is CCN(CC)C(=O)c1ccc(Nc2nc3ccc(N4CCN(C(=O)NCc5ccc(F)cc5)CC4)cn3n2)c(OCCOC)c1. The van der Waals surface area contributed by atoms with E-state index in [1.54, 1.807) is 51.8 Å². The van der Waals surface area contributed by atoms with E-state index in [0.717, 1.165) is 11.3 Å². The van der Waals surface area contributed by atoms with Crippen LogP contribution in [0.2, 0.25) is 0 Å². The largest absolute Gasteiger partial charge is 0.489 e. The van der Waals surface area contributed by atoms with Crippen molar-refractivity contribution in [3.05, 3.63) is 77.7 Å². The first-order valence-corrected chi connectivity index (χ1v) is 15.1. The van der Waals surface area contributed by atoms with E-state index >= 15 is 0 Å². The average Bonchev–Trinajstić information content (AvgIpc) is 3.47. The molecular formula is C32H39FN8O4. The van der Waals surface area contributed by atoms with Gasteiger partial charge in [0, 0.05) is 58.5 Å². The number of methoxy groups -OCH3 is 1. The molecule has 3 heterocycles. The van der Waals surface area contributed by atoms with Crippen LogP contribution in [0.3, 0.4) is 0 Å². The number of fused-ring (bicyclic) bond motifs is 1. The number of nitrogens with zero attached hydrogens (tertiary/aromatic N) is 6. The topological polar surface area (TPSA) is 117 Å². The third-order valence-electron chi connectivity index (χ3n) is 7.68. The highest BCUT2D eigenvalue weighted by molar-refractivity contribution is 5.95. The molecule has 0 atom stereocenters. The molecule has 0 radical (unpaired) electrons. The maximum absolute atomic E-state index is 13.1. The monoisotopic (exact) mass is 618 g/mol. The molecule has 2 aromatic heterocycles. The Bertz CT molecular complexity index is 1600. The van der Waals surface area contributed by atoms with Crippen LogP contribution < -0.4 is 20.3 Å². The second kappa shape index (κ2) is 14.7. The number of pyridine rings is 1. The molecular weight excluding hydrogens is 579 g/mol. The Morgan fingerprint density at radius 1 is 0.978 bits per heavy atom. The zero-order chi connectivity index (χ0) is 31.8. The van der Waals surface area contributed by atoms with Gasteiger partial charge in [-0.3, -0.25) is 4.79 Å². The Hall–Kier alpha value is -4.91. The highest BCUT2D eigenvalue weighted by Gasteiger charge is 2.22. The van der Waals surface area contributed by atoms with Crippen molar-refractivity contribution < 1.29 is 23.5 Å². The van der Waals surface area contributed by atoms with Gasteiger partial charge in [-0.25, -0.2) is 13.7 Å². The van der Waals surface area contributed by atoms with Crippen molar-refractivity contribution in [3.63, 3.8) is 0 Å². The summed E-state index contributed by atoms with van der Waals surface area (Å²) < 4.78 is 25.9. The second-order valence-electron chi connectivity index (χ2n) is 10.5. The number of piperazine rings is 1. The fourth-order valence-electron chi connectivity index (χ4n) is 5.10. The molecule has 1 aliphatic rings. The summed E-state index contributed by atoms with van der Waals surface area (Å²) in [6.45, 7) is 8.66. The minimum absolute atomic E-state index is 0.0620. The average molecular weight is 619 g/mol. The number of benzene rings is 2. The maximum atomic E-state index is 13.1. The maximum Gasteiger partial charge on any atom is 0.317 e. The number of amides is 3. The standard InChI is InChI=1S/C32H39FN8O4/c1-4-38(5-2)30(42)24-8-12-27(28(20-24)45-19-18-44-3)35-31-36-29-13-11-26(22-41(29)37-31)39-14-16-40(17-15-39)32(43)34-21-23-6-9-25(33)10-7-23/h6-13,20,22H,4-5,14-19,21H2,1-3H3,(H,34,43)(H,35,37). The zero-order valence-corrected chi connectivity index (χ0v) is 25.8. The van der Waals surface area contributed by atoms with Gasteiger partial charge >= 0.3 is 6.03 Å². The van der Waals surface area contributed by atoms with Gasteiger partial charge in [0.05, 0.1) is 24.2 Å². The highest BCUT2D eigenvalue weighted by atomic mass is 19.1. The van der Waals surface area contributed by atoms with Crippen LogP contribution in [-0.2, 0) is 11.3 Å². The van der Waals surface area contributed by atoms with Gasteiger partial charge in [0.25, 0.3) is 5.91 Å². The Balaban J connectivity index is 1.23. The van der Waals surface area contributed by atoms with Gasteiger partial charge in [-0.1, -0.05) is 12.1 Å². The van der Waals surface area contributed by atoms with Crippen molar-refractivity contribution in [2.75, 3.05) is 69.8 Å². The summed E-state index contributed by atoms with van der Waals surface area (Å²) in [7, 11) is 1.60. The molecule has 12 nitrogen and oxygen atoms in total. The van der Waals surface area contributed by atoms with Crippen molar-refractivity contribution >= 4 is 34.9 Å². The van der Waals surface area contributed by atoms with Crippen LogP contribution in [0.15, 0.2) is 60.8 Å². The zero-order valence-electron chi connectivity index (χ0n) is 25.8. The van der Waals surface area contributed by atoms with Crippen molar-refractivity contribution in [1.82, 2.24) is 29.7 Å². The summed E-state index contributed by atoms with van der Waals surface area (Å²) in [5.74, 6) is 0.525. The van der Waals surface area contributed by atoms with E-state index in [0.29, 0.717) is 87.6 Å². The lowest BCUT2D eigenvalue weighted by atomic mass is 10.1. The van der Waals surface area contributed by atoms with Crippen LogP contribution in [0, 0.1) is 5.82 Å². The van der Waals surface area contributed by atoms with Gasteiger partial charge in [-0.05, 0) is 61.9 Å². The van der Waals surface area contributed by atoms with E-state index in [1.807, 2.05) is 32.2 Å². The number of halogens is 1. The molecule has 0 aliphatic carbocycles. The molecule has 1 saturated heterocycles. The Labute approximate surface area is 261 Å². The number of aromatic nitrogens is 3. The minimum atomic E-state index is -0.301. The molecule has 13 heteroatoms. The lowest BCUT2D eigenvalue weighted by Gasteiger charge is -2.36. The van der Waals surface area contributed by atoms with Crippen LogP contribution in [0.4, 0.5) is 26.5 Å². The summed E-state index contributed by atoms with van der Waals surface area (Å²) >= 11 is 0. The fourth-order valence-corrected chi connectivity index (χ4v) is 5.10. The number of carbonyl (C=O) groups excluding carboxylic acids is 2. The van der Waals surface area contributed by atoms with Crippen LogP contribution in [-0.4, -0.2) is 95.9 Å². The first-order valence-electron chi connectivity index (χ1n) is 15.1. The Kier molecular flexibility index (Phi) is 10.3. The molecule has 45 heavy (non-hydrogen) atoms.